The Morgan fingerprint density at radius 2 is 2.00 bits per heavy atom. The number of halogens is 4. The van der Waals surface area contributed by atoms with Gasteiger partial charge in [0.05, 0.1) is 24.3 Å². The second kappa shape index (κ2) is 6.89. The molecule has 3 amide bonds. The van der Waals surface area contributed by atoms with Crippen LogP contribution in [-0.2, 0) is 13.1 Å². The van der Waals surface area contributed by atoms with Gasteiger partial charge in [-0.1, -0.05) is 12.1 Å². The summed E-state index contributed by atoms with van der Waals surface area (Å²) in [5.74, 6) is -1.35. The van der Waals surface area contributed by atoms with Crippen molar-refractivity contribution in [3.8, 4) is 11.3 Å². The van der Waals surface area contributed by atoms with Crippen LogP contribution in [0.25, 0.3) is 11.3 Å². The number of aromatic nitrogens is 2. The molecule has 0 radical (unpaired) electrons. The molecular weight excluding hydrogens is 370 g/mol. The number of carbonyl (C=O) groups excluding carboxylic acids is 2. The monoisotopic (exact) mass is 385 g/mol. The second-order valence-electron chi connectivity index (χ2n) is 5.96. The lowest BCUT2D eigenvalue weighted by Crippen LogP contribution is -2.47. The van der Waals surface area contributed by atoms with Crippen LogP contribution in [0.1, 0.15) is 16.1 Å². The Morgan fingerprint density at radius 1 is 1.26 bits per heavy atom. The first-order valence-corrected chi connectivity index (χ1v) is 7.90. The standard InChI is InChI=1S/C16H15F4N5O2/c17-10-3-1-2-9(6-10)13-12(14(21)26)11-7-24(4-5-25(11)23-13)15(27)22-8-16(18,19)20/h1-3,6H,4-5,7-8H2,(H2,21,26)(H,22,27). The van der Waals surface area contributed by atoms with Gasteiger partial charge in [-0.25, -0.2) is 9.18 Å². The number of rotatable bonds is 3. The van der Waals surface area contributed by atoms with E-state index in [1.54, 1.807) is 11.4 Å². The van der Waals surface area contributed by atoms with Crippen molar-refractivity contribution < 1.29 is 27.2 Å². The quantitative estimate of drug-likeness (QED) is 0.790. The molecule has 27 heavy (non-hydrogen) atoms. The number of alkyl halides is 3. The Morgan fingerprint density at radius 3 is 2.63 bits per heavy atom. The van der Waals surface area contributed by atoms with Crippen LogP contribution in [0.15, 0.2) is 24.3 Å². The maximum Gasteiger partial charge on any atom is 0.405 e. The van der Waals surface area contributed by atoms with Gasteiger partial charge in [0.15, 0.2) is 0 Å². The van der Waals surface area contributed by atoms with Crippen molar-refractivity contribution in [2.45, 2.75) is 19.3 Å². The van der Waals surface area contributed by atoms with Gasteiger partial charge in [-0.05, 0) is 12.1 Å². The number of hydrogen-bond acceptors (Lipinski definition) is 3. The number of carbonyl (C=O) groups is 2. The highest BCUT2D eigenvalue weighted by Gasteiger charge is 2.32. The highest BCUT2D eigenvalue weighted by Crippen LogP contribution is 2.28. The second-order valence-corrected chi connectivity index (χ2v) is 5.96. The number of hydrogen-bond donors (Lipinski definition) is 2. The van der Waals surface area contributed by atoms with Gasteiger partial charge in [-0.2, -0.15) is 18.3 Å². The average molecular weight is 385 g/mol. The molecule has 0 fully saturated rings. The summed E-state index contributed by atoms with van der Waals surface area (Å²) in [4.78, 5) is 25.1. The first kappa shape index (κ1) is 18.7. The van der Waals surface area contributed by atoms with Crippen LogP contribution >= 0.6 is 0 Å². The summed E-state index contributed by atoms with van der Waals surface area (Å²) in [7, 11) is 0. The molecule has 3 N–H and O–H groups in total. The summed E-state index contributed by atoms with van der Waals surface area (Å²) >= 11 is 0. The first-order valence-electron chi connectivity index (χ1n) is 7.90. The number of primary amides is 1. The molecule has 3 rings (SSSR count). The van der Waals surface area contributed by atoms with Gasteiger partial charge in [0, 0.05) is 12.1 Å². The van der Waals surface area contributed by atoms with Crippen molar-refractivity contribution in [1.29, 1.82) is 0 Å². The van der Waals surface area contributed by atoms with Crippen LogP contribution in [0, 0.1) is 5.82 Å². The lowest BCUT2D eigenvalue weighted by molar-refractivity contribution is -0.123. The largest absolute Gasteiger partial charge is 0.405 e. The number of nitrogens with zero attached hydrogens (tertiary/aromatic N) is 3. The molecule has 1 aromatic heterocycles. The molecule has 7 nitrogen and oxygen atoms in total. The van der Waals surface area contributed by atoms with Gasteiger partial charge in [-0.15, -0.1) is 0 Å². The summed E-state index contributed by atoms with van der Waals surface area (Å²) in [6, 6.07) is 4.51. The van der Waals surface area contributed by atoms with Gasteiger partial charge >= 0.3 is 12.2 Å². The summed E-state index contributed by atoms with van der Waals surface area (Å²) in [6.07, 6.45) is -4.53. The van der Waals surface area contributed by atoms with Gasteiger partial charge in [0.2, 0.25) is 0 Å². The van der Waals surface area contributed by atoms with Crippen molar-refractivity contribution in [3.05, 3.63) is 41.3 Å². The zero-order valence-corrected chi connectivity index (χ0v) is 13.9. The fourth-order valence-electron chi connectivity index (χ4n) is 2.88. The predicted octanol–water partition coefficient (Wildman–Crippen LogP) is 1.88. The third-order valence-electron chi connectivity index (χ3n) is 4.05. The lowest BCUT2D eigenvalue weighted by atomic mass is 10.0. The third-order valence-corrected chi connectivity index (χ3v) is 4.05. The molecule has 144 valence electrons. The molecule has 0 unspecified atom stereocenters. The Balaban J connectivity index is 1.90. The normalized spacial score (nSPS) is 14.0. The van der Waals surface area contributed by atoms with Crippen molar-refractivity contribution in [1.82, 2.24) is 20.0 Å². The maximum atomic E-state index is 13.5. The van der Waals surface area contributed by atoms with Gasteiger partial charge < -0.3 is 16.0 Å². The van der Waals surface area contributed by atoms with Gasteiger partial charge in [-0.3, -0.25) is 9.48 Å². The molecule has 1 aliphatic heterocycles. The van der Waals surface area contributed by atoms with Crippen LogP contribution in [0.4, 0.5) is 22.4 Å². The Bertz CT molecular complexity index is 893. The molecule has 2 heterocycles. The number of urea groups is 1. The van der Waals surface area contributed by atoms with Crippen LogP contribution in [0.5, 0.6) is 0 Å². The minimum absolute atomic E-state index is 0.00826. The highest BCUT2D eigenvalue weighted by molar-refractivity contribution is 6.00. The number of benzene rings is 1. The molecule has 0 aliphatic carbocycles. The minimum atomic E-state index is -4.53. The Kier molecular flexibility index (Phi) is 4.77. The third kappa shape index (κ3) is 4.01. The van der Waals surface area contributed by atoms with Gasteiger partial charge in [0.1, 0.15) is 18.1 Å². The highest BCUT2D eigenvalue weighted by atomic mass is 19.4. The molecule has 0 saturated heterocycles. The summed E-state index contributed by atoms with van der Waals surface area (Å²) in [5, 5.41) is 6.06. The average Bonchev–Trinajstić information content (AvgIpc) is 2.97. The van der Waals surface area contributed by atoms with E-state index in [1.807, 2.05) is 0 Å². The van der Waals surface area contributed by atoms with E-state index in [2.05, 4.69) is 5.10 Å². The summed E-state index contributed by atoms with van der Waals surface area (Å²) < 4.78 is 51.8. The van der Waals surface area contributed by atoms with E-state index in [-0.39, 0.29) is 36.6 Å². The number of amides is 3. The Labute approximate surface area is 150 Å². The fourth-order valence-corrected chi connectivity index (χ4v) is 2.88. The van der Waals surface area contributed by atoms with E-state index >= 15 is 0 Å². The molecule has 1 aromatic carbocycles. The zero-order valence-electron chi connectivity index (χ0n) is 13.9. The van der Waals surface area contributed by atoms with Crippen LogP contribution < -0.4 is 11.1 Å². The number of nitrogens with two attached hydrogens (primary N) is 1. The first-order chi connectivity index (χ1) is 12.7. The molecule has 0 atom stereocenters. The SMILES string of the molecule is NC(=O)c1c(-c2cccc(F)c2)nn2c1CN(C(=O)NCC(F)(F)F)CC2. The zero-order chi connectivity index (χ0) is 19.8. The minimum Gasteiger partial charge on any atom is -0.365 e. The topological polar surface area (TPSA) is 93.2 Å². The number of nitrogens with one attached hydrogen (secondary N) is 1. The number of fused-ring (bicyclic) bond motifs is 1. The molecule has 1 aliphatic rings. The molecule has 0 spiro atoms. The van der Waals surface area contributed by atoms with E-state index in [9.17, 15) is 27.2 Å². The fraction of sp³-hybridized carbons (Fsp3) is 0.312. The summed E-state index contributed by atoms with van der Waals surface area (Å²) in [6.45, 7) is -1.35. The van der Waals surface area contributed by atoms with E-state index in [0.717, 1.165) is 4.90 Å². The maximum absolute atomic E-state index is 13.5. The smallest absolute Gasteiger partial charge is 0.365 e. The molecular formula is C16H15F4N5O2. The molecule has 11 heteroatoms. The van der Waals surface area contributed by atoms with E-state index in [0.29, 0.717) is 5.56 Å². The molecule has 0 saturated carbocycles. The molecule has 2 aromatic rings. The van der Waals surface area contributed by atoms with E-state index in [4.69, 9.17) is 5.73 Å². The van der Waals surface area contributed by atoms with Crippen molar-refractivity contribution in [2.75, 3.05) is 13.1 Å². The lowest BCUT2D eigenvalue weighted by Gasteiger charge is -2.28. The van der Waals surface area contributed by atoms with Crippen LogP contribution in [0.3, 0.4) is 0 Å². The van der Waals surface area contributed by atoms with Crippen molar-refractivity contribution >= 4 is 11.9 Å². The Hall–Kier alpha value is -3.11. The predicted molar refractivity (Wildman–Crippen MR) is 86.0 cm³/mol. The van der Waals surface area contributed by atoms with E-state index in [1.165, 1.54) is 22.9 Å². The van der Waals surface area contributed by atoms with Crippen LogP contribution in [0.2, 0.25) is 0 Å². The van der Waals surface area contributed by atoms with Crippen molar-refractivity contribution in [2.24, 2.45) is 5.73 Å². The molecule has 0 bridgehead atoms. The summed E-state index contributed by atoms with van der Waals surface area (Å²) in [5.41, 5.74) is 6.23. The van der Waals surface area contributed by atoms with Crippen LogP contribution in [-0.4, -0.2) is 45.9 Å². The van der Waals surface area contributed by atoms with Gasteiger partial charge in [0.25, 0.3) is 5.91 Å². The van der Waals surface area contributed by atoms with E-state index < -0.39 is 30.5 Å². The van der Waals surface area contributed by atoms with Crippen molar-refractivity contribution in [3.63, 3.8) is 0 Å².